The lowest BCUT2D eigenvalue weighted by atomic mass is 10.1. The van der Waals surface area contributed by atoms with Crippen LogP contribution in [0.4, 0.5) is 22.0 Å². The van der Waals surface area contributed by atoms with Gasteiger partial charge in [-0.3, -0.25) is 4.79 Å². The number of rotatable bonds is 4. The Bertz CT molecular complexity index is 489. The van der Waals surface area contributed by atoms with Crippen LogP contribution in [0.5, 0.6) is 5.75 Å². The number of carbonyl (C=O) groups is 1. The van der Waals surface area contributed by atoms with Crippen molar-refractivity contribution in [3.8, 4) is 5.75 Å². The Morgan fingerprint density at radius 2 is 2.00 bits per heavy atom. The summed E-state index contributed by atoms with van der Waals surface area (Å²) in [4.78, 5) is 14.2. The van der Waals surface area contributed by atoms with Crippen molar-refractivity contribution in [1.29, 1.82) is 0 Å². The minimum atomic E-state index is -5.19. The lowest BCUT2D eigenvalue weighted by molar-refractivity contribution is -0.275. The number of nitrogens with two attached hydrogens (primary N) is 2. The summed E-state index contributed by atoms with van der Waals surface area (Å²) >= 11 is 0. The van der Waals surface area contributed by atoms with E-state index in [1.165, 1.54) is 0 Å². The summed E-state index contributed by atoms with van der Waals surface area (Å²) in [5, 5.41) is 0. The number of alkyl halides is 5. The molecule has 1 aromatic rings. The Balaban J connectivity index is 3.45. The van der Waals surface area contributed by atoms with Crippen LogP contribution >= 0.6 is 0 Å². The van der Waals surface area contributed by atoms with Crippen LogP contribution in [-0.2, 0) is 6.54 Å². The average molecular weight is 285 g/mol. The molecule has 0 aliphatic rings. The second-order valence-electron chi connectivity index (χ2n) is 3.29. The first-order chi connectivity index (χ1) is 8.65. The molecule has 0 atom stereocenters. The number of carbonyl (C=O) groups excluding carboxylic acids is 1. The van der Waals surface area contributed by atoms with Crippen molar-refractivity contribution in [2.75, 3.05) is 0 Å². The van der Waals surface area contributed by atoms with Gasteiger partial charge in [-0.25, -0.2) is 13.8 Å². The molecular formula is C9H8F5N3O2. The number of hydrogen-bond donors (Lipinski definition) is 2. The third-order valence-corrected chi connectivity index (χ3v) is 1.97. The number of halogens is 5. The summed E-state index contributed by atoms with van der Waals surface area (Å²) in [5.74, 6) is -2.38. The van der Waals surface area contributed by atoms with Crippen LogP contribution in [0.1, 0.15) is 28.2 Å². The van der Waals surface area contributed by atoms with Gasteiger partial charge in [0.1, 0.15) is 5.69 Å². The second-order valence-corrected chi connectivity index (χ2v) is 3.29. The molecule has 1 aromatic heterocycles. The zero-order chi connectivity index (χ0) is 14.8. The van der Waals surface area contributed by atoms with E-state index in [9.17, 15) is 26.7 Å². The van der Waals surface area contributed by atoms with Crippen molar-refractivity contribution in [3.63, 3.8) is 0 Å². The number of pyridine rings is 1. The molecule has 0 saturated carbocycles. The quantitative estimate of drug-likeness (QED) is 0.819. The maximum Gasteiger partial charge on any atom is 0.573 e. The standard InChI is InChI=1S/C9H8F5N3O2/c10-7(11)3-1-4(8(16)18)17-5(2-15)6(3)19-9(12,13)14/h1,7H,2,15H2,(H2,16,18). The van der Waals surface area contributed by atoms with Gasteiger partial charge in [0.25, 0.3) is 12.3 Å². The minimum Gasteiger partial charge on any atom is -0.403 e. The fourth-order valence-corrected chi connectivity index (χ4v) is 1.27. The van der Waals surface area contributed by atoms with Crippen molar-refractivity contribution >= 4 is 5.91 Å². The number of primary amides is 1. The highest BCUT2D eigenvalue weighted by molar-refractivity contribution is 5.91. The molecule has 0 aromatic carbocycles. The van der Waals surface area contributed by atoms with Crippen LogP contribution in [0.25, 0.3) is 0 Å². The number of nitrogens with zero attached hydrogens (tertiary/aromatic N) is 1. The van der Waals surface area contributed by atoms with E-state index >= 15 is 0 Å². The zero-order valence-electron chi connectivity index (χ0n) is 9.17. The van der Waals surface area contributed by atoms with Gasteiger partial charge in [-0.1, -0.05) is 0 Å². The maximum atomic E-state index is 12.7. The van der Waals surface area contributed by atoms with Crippen molar-refractivity contribution in [2.45, 2.75) is 19.3 Å². The van der Waals surface area contributed by atoms with Gasteiger partial charge in [0.2, 0.25) is 0 Å². The molecule has 0 saturated heterocycles. The van der Waals surface area contributed by atoms with Gasteiger partial charge in [-0.2, -0.15) is 0 Å². The molecule has 5 nitrogen and oxygen atoms in total. The molecule has 0 spiro atoms. The molecule has 1 rings (SSSR count). The third-order valence-electron chi connectivity index (χ3n) is 1.97. The van der Waals surface area contributed by atoms with Crippen LogP contribution in [0.2, 0.25) is 0 Å². The van der Waals surface area contributed by atoms with Gasteiger partial charge in [0.15, 0.2) is 5.75 Å². The zero-order valence-corrected chi connectivity index (χ0v) is 9.17. The number of hydrogen-bond acceptors (Lipinski definition) is 4. The van der Waals surface area contributed by atoms with E-state index in [1.807, 2.05) is 0 Å². The molecule has 0 unspecified atom stereocenters. The van der Waals surface area contributed by atoms with Crippen molar-refractivity contribution in [3.05, 3.63) is 23.0 Å². The van der Waals surface area contributed by atoms with Gasteiger partial charge in [-0.05, 0) is 6.07 Å². The minimum absolute atomic E-state index is 0.438. The van der Waals surface area contributed by atoms with Crippen LogP contribution < -0.4 is 16.2 Å². The van der Waals surface area contributed by atoms with E-state index in [4.69, 9.17) is 11.5 Å². The highest BCUT2D eigenvalue weighted by Crippen LogP contribution is 2.35. The molecular weight excluding hydrogens is 277 g/mol. The summed E-state index contributed by atoms with van der Waals surface area (Å²) in [7, 11) is 0. The molecule has 0 fully saturated rings. The molecule has 19 heavy (non-hydrogen) atoms. The molecule has 1 heterocycles. The van der Waals surface area contributed by atoms with Crippen molar-refractivity contribution < 1.29 is 31.5 Å². The van der Waals surface area contributed by atoms with Crippen LogP contribution in [0.15, 0.2) is 6.07 Å². The summed E-state index contributed by atoms with van der Waals surface area (Å²) in [6.07, 6.45) is -8.51. The number of aromatic nitrogens is 1. The maximum absolute atomic E-state index is 12.7. The van der Waals surface area contributed by atoms with Gasteiger partial charge in [0.05, 0.1) is 11.3 Å². The van der Waals surface area contributed by atoms with Crippen molar-refractivity contribution in [1.82, 2.24) is 4.98 Å². The van der Waals surface area contributed by atoms with Crippen molar-refractivity contribution in [2.24, 2.45) is 11.5 Å². The highest BCUT2D eigenvalue weighted by Gasteiger charge is 2.35. The topological polar surface area (TPSA) is 91.2 Å². The molecule has 106 valence electrons. The third kappa shape index (κ3) is 3.74. The predicted octanol–water partition coefficient (Wildman–Crippen LogP) is 1.48. The lowest BCUT2D eigenvalue weighted by Gasteiger charge is -2.16. The van der Waals surface area contributed by atoms with Gasteiger partial charge >= 0.3 is 6.36 Å². The van der Waals surface area contributed by atoms with E-state index in [1.54, 1.807) is 0 Å². The first-order valence-corrected chi connectivity index (χ1v) is 4.73. The Hall–Kier alpha value is -1.97. The number of ether oxygens (including phenoxy) is 1. The normalized spacial score (nSPS) is 11.7. The van der Waals surface area contributed by atoms with Crippen LogP contribution in [0, 0.1) is 0 Å². The first kappa shape index (κ1) is 15.1. The fraction of sp³-hybridized carbons (Fsp3) is 0.333. The van der Waals surface area contributed by atoms with E-state index in [0.29, 0.717) is 6.07 Å². The fourth-order valence-electron chi connectivity index (χ4n) is 1.27. The molecule has 4 N–H and O–H groups in total. The van der Waals surface area contributed by atoms with E-state index in [2.05, 4.69) is 9.72 Å². The van der Waals surface area contributed by atoms with Gasteiger partial charge < -0.3 is 16.2 Å². The smallest absolute Gasteiger partial charge is 0.403 e. The average Bonchev–Trinajstić information content (AvgIpc) is 2.26. The summed E-state index contributed by atoms with van der Waals surface area (Å²) in [6, 6.07) is 0.438. The molecule has 0 aliphatic heterocycles. The van der Waals surface area contributed by atoms with E-state index < -0.39 is 47.9 Å². The monoisotopic (exact) mass is 285 g/mol. The number of amides is 1. The molecule has 0 bridgehead atoms. The van der Waals surface area contributed by atoms with Crippen LogP contribution in [0.3, 0.4) is 0 Å². The highest BCUT2D eigenvalue weighted by atomic mass is 19.4. The molecule has 0 radical (unpaired) electrons. The van der Waals surface area contributed by atoms with Crippen LogP contribution in [-0.4, -0.2) is 17.3 Å². The van der Waals surface area contributed by atoms with Gasteiger partial charge in [0, 0.05) is 6.54 Å². The Morgan fingerprint density at radius 3 is 2.37 bits per heavy atom. The Morgan fingerprint density at radius 1 is 1.42 bits per heavy atom. The Labute approximate surface area is 103 Å². The van der Waals surface area contributed by atoms with E-state index in [-0.39, 0.29) is 0 Å². The lowest BCUT2D eigenvalue weighted by Crippen LogP contribution is -2.22. The molecule has 0 aliphatic carbocycles. The summed E-state index contributed by atoms with van der Waals surface area (Å²) in [5.41, 5.74) is 7.53. The van der Waals surface area contributed by atoms with E-state index in [0.717, 1.165) is 0 Å². The first-order valence-electron chi connectivity index (χ1n) is 4.73. The molecule has 10 heteroatoms. The predicted molar refractivity (Wildman–Crippen MR) is 52.3 cm³/mol. The second kappa shape index (κ2) is 5.34. The SMILES string of the molecule is NCc1nc(C(N)=O)cc(C(F)F)c1OC(F)(F)F. The van der Waals surface area contributed by atoms with Gasteiger partial charge in [-0.15, -0.1) is 13.2 Å². The largest absolute Gasteiger partial charge is 0.573 e. The Kier molecular flexibility index (Phi) is 4.24. The summed E-state index contributed by atoms with van der Waals surface area (Å²) < 4.78 is 65.3. The molecule has 1 amide bonds. The summed E-state index contributed by atoms with van der Waals surface area (Å²) in [6.45, 7) is -0.633.